The Hall–Kier alpha value is -1.44. The molecule has 0 amide bonds. The summed E-state index contributed by atoms with van der Waals surface area (Å²) in [5, 5.41) is 18.9. The van der Waals surface area contributed by atoms with Gasteiger partial charge in [0.1, 0.15) is 0 Å². The minimum absolute atomic E-state index is 0.00839. The van der Waals surface area contributed by atoms with Crippen molar-refractivity contribution in [1.82, 2.24) is 20.1 Å². The molecule has 0 aromatic carbocycles. The SMILES string of the molecule is Nc1nc(CN2CCc3c(CO)n[nH]c3C2)cs1. The highest BCUT2D eigenvalue weighted by Crippen LogP contribution is 2.22. The molecule has 6 nitrogen and oxygen atoms in total. The van der Waals surface area contributed by atoms with Crippen molar-refractivity contribution in [3.63, 3.8) is 0 Å². The van der Waals surface area contributed by atoms with Gasteiger partial charge in [0.05, 0.1) is 23.7 Å². The zero-order valence-electron chi connectivity index (χ0n) is 9.89. The number of fused-ring (bicyclic) bond motifs is 1. The maximum absolute atomic E-state index is 9.17. The molecule has 0 saturated carbocycles. The maximum Gasteiger partial charge on any atom is 0.180 e. The minimum atomic E-state index is 0.00839. The summed E-state index contributed by atoms with van der Waals surface area (Å²) in [4.78, 5) is 6.57. The molecule has 2 aromatic heterocycles. The topological polar surface area (TPSA) is 91.1 Å². The summed E-state index contributed by atoms with van der Waals surface area (Å²) in [5.74, 6) is 0. The third kappa shape index (κ3) is 2.12. The predicted molar refractivity (Wildman–Crippen MR) is 68.9 cm³/mol. The van der Waals surface area contributed by atoms with Crippen LogP contribution >= 0.6 is 11.3 Å². The summed E-state index contributed by atoms with van der Waals surface area (Å²) < 4.78 is 0. The van der Waals surface area contributed by atoms with Crippen molar-refractivity contribution in [3.05, 3.63) is 28.0 Å². The summed E-state index contributed by atoms with van der Waals surface area (Å²) >= 11 is 1.47. The van der Waals surface area contributed by atoms with Crippen LogP contribution in [-0.2, 0) is 26.1 Å². The van der Waals surface area contributed by atoms with Gasteiger partial charge in [-0.05, 0) is 6.42 Å². The number of nitrogens with two attached hydrogens (primary N) is 1. The Bertz CT molecular complexity index is 549. The van der Waals surface area contributed by atoms with Crippen molar-refractivity contribution in [2.24, 2.45) is 0 Å². The average Bonchev–Trinajstić information content (AvgIpc) is 2.95. The Morgan fingerprint density at radius 2 is 2.44 bits per heavy atom. The molecule has 0 atom stereocenters. The number of anilines is 1. The van der Waals surface area contributed by atoms with Crippen LogP contribution < -0.4 is 5.73 Å². The lowest BCUT2D eigenvalue weighted by Crippen LogP contribution is -2.30. The van der Waals surface area contributed by atoms with Gasteiger partial charge in [-0.25, -0.2) is 4.98 Å². The number of aromatic nitrogens is 3. The van der Waals surface area contributed by atoms with E-state index in [9.17, 15) is 0 Å². The smallest absolute Gasteiger partial charge is 0.180 e. The lowest BCUT2D eigenvalue weighted by Gasteiger charge is -2.25. The number of nitrogens with zero attached hydrogens (tertiary/aromatic N) is 3. The van der Waals surface area contributed by atoms with E-state index in [0.29, 0.717) is 5.13 Å². The Kier molecular flexibility index (Phi) is 3.02. The minimum Gasteiger partial charge on any atom is -0.390 e. The predicted octanol–water partition coefficient (Wildman–Crippen LogP) is 0.499. The first-order valence-corrected chi connectivity index (χ1v) is 6.72. The molecular weight excluding hydrogens is 250 g/mol. The Morgan fingerprint density at radius 3 is 3.17 bits per heavy atom. The third-order valence-electron chi connectivity index (χ3n) is 3.20. The van der Waals surface area contributed by atoms with E-state index in [0.717, 1.165) is 43.1 Å². The van der Waals surface area contributed by atoms with Crippen LogP contribution in [0.2, 0.25) is 0 Å². The second-order valence-electron chi connectivity index (χ2n) is 4.42. The molecule has 96 valence electrons. The van der Waals surface area contributed by atoms with Crippen LogP contribution in [0.15, 0.2) is 5.38 Å². The first-order valence-electron chi connectivity index (χ1n) is 5.84. The van der Waals surface area contributed by atoms with Crippen LogP contribution in [0.25, 0.3) is 0 Å². The van der Waals surface area contributed by atoms with Crippen molar-refractivity contribution in [3.8, 4) is 0 Å². The largest absolute Gasteiger partial charge is 0.390 e. The average molecular weight is 265 g/mol. The van der Waals surface area contributed by atoms with E-state index in [1.165, 1.54) is 16.9 Å². The van der Waals surface area contributed by atoms with E-state index in [1.807, 2.05) is 5.38 Å². The number of hydrogen-bond acceptors (Lipinski definition) is 6. The Labute approximate surface area is 108 Å². The number of aliphatic hydroxyl groups is 1. The highest BCUT2D eigenvalue weighted by Gasteiger charge is 2.21. The zero-order chi connectivity index (χ0) is 12.5. The summed E-state index contributed by atoms with van der Waals surface area (Å²) in [6, 6.07) is 0. The number of hydrogen-bond donors (Lipinski definition) is 3. The van der Waals surface area contributed by atoms with Gasteiger partial charge in [0.25, 0.3) is 0 Å². The molecular formula is C11H15N5OS. The lowest BCUT2D eigenvalue weighted by atomic mass is 10.0. The number of nitrogen functional groups attached to an aromatic ring is 1. The third-order valence-corrected chi connectivity index (χ3v) is 3.93. The van der Waals surface area contributed by atoms with Gasteiger partial charge in [0.15, 0.2) is 5.13 Å². The van der Waals surface area contributed by atoms with Crippen molar-refractivity contribution < 1.29 is 5.11 Å². The lowest BCUT2D eigenvalue weighted by molar-refractivity contribution is 0.237. The summed E-state index contributed by atoms with van der Waals surface area (Å²) in [6.45, 7) is 2.59. The highest BCUT2D eigenvalue weighted by atomic mass is 32.1. The van der Waals surface area contributed by atoms with E-state index in [1.54, 1.807) is 0 Å². The molecule has 0 spiro atoms. The summed E-state index contributed by atoms with van der Waals surface area (Å²) in [5.41, 5.74) is 9.70. The summed E-state index contributed by atoms with van der Waals surface area (Å²) in [6.07, 6.45) is 0.918. The molecule has 0 bridgehead atoms. The van der Waals surface area contributed by atoms with Gasteiger partial charge in [-0.1, -0.05) is 0 Å². The van der Waals surface area contributed by atoms with Gasteiger partial charge in [-0.3, -0.25) is 10.00 Å². The van der Waals surface area contributed by atoms with Gasteiger partial charge in [-0.2, -0.15) is 5.10 Å². The van der Waals surface area contributed by atoms with E-state index in [2.05, 4.69) is 20.1 Å². The second-order valence-corrected chi connectivity index (χ2v) is 5.31. The van der Waals surface area contributed by atoms with E-state index in [-0.39, 0.29) is 6.61 Å². The van der Waals surface area contributed by atoms with Gasteiger partial charge in [-0.15, -0.1) is 11.3 Å². The van der Waals surface area contributed by atoms with Crippen LogP contribution in [-0.4, -0.2) is 31.7 Å². The van der Waals surface area contributed by atoms with Gasteiger partial charge < -0.3 is 10.8 Å². The van der Waals surface area contributed by atoms with E-state index < -0.39 is 0 Å². The van der Waals surface area contributed by atoms with Crippen LogP contribution in [0.5, 0.6) is 0 Å². The first kappa shape index (κ1) is 11.6. The number of thiazole rings is 1. The zero-order valence-corrected chi connectivity index (χ0v) is 10.7. The van der Waals surface area contributed by atoms with Gasteiger partial charge >= 0.3 is 0 Å². The molecule has 0 radical (unpaired) electrons. The van der Waals surface area contributed by atoms with Crippen molar-refractivity contribution >= 4 is 16.5 Å². The normalized spacial score (nSPS) is 15.8. The molecule has 3 rings (SSSR count). The summed E-state index contributed by atoms with van der Waals surface area (Å²) in [7, 11) is 0. The van der Waals surface area contributed by atoms with Crippen molar-refractivity contribution in [1.29, 1.82) is 0 Å². The van der Waals surface area contributed by atoms with Crippen LogP contribution in [0, 0.1) is 0 Å². The fraction of sp³-hybridized carbons (Fsp3) is 0.455. The Balaban J connectivity index is 1.71. The van der Waals surface area contributed by atoms with Crippen LogP contribution in [0.3, 0.4) is 0 Å². The van der Waals surface area contributed by atoms with Crippen molar-refractivity contribution in [2.75, 3.05) is 12.3 Å². The second kappa shape index (κ2) is 4.68. The number of aromatic amines is 1. The molecule has 0 unspecified atom stereocenters. The Morgan fingerprint density at radius 1 is 1.56 bits per heavy atom. The molecule has 2 aromatic rings. The number of aliphatic hydroxyl groups excluding tert-OH is 1. The monoisotopic (exact) mass is 265 g/mol. The van der Waals surface area contributed by atoms with Crippen LogP contribution in [0.4, 0.5) is 5.13 Å². The molecule has 7 heteroatoms. The molecule has 1 aliphatic heterocycles. The maximum atomic E-state index is 9.17. The van der Waals surface area contributed by atoms with Gasteiger partial charge in [0, 0.05) is 30.6 Å². The highest BCUT2D eigenvalue weighted by molar-refractivity contribution is 7.13. The fourth-order valence-corrected chi connectivity index (χ4v) is 2.89. The number of H-pyrrole nitrogens is 1. The molecule has 4 N–H and O–H groups in total. The standard InChI is InChI=1S/C11H15N5OS/c12-11-13-7(6-18-11)3-16-2-1-8-9(4-16)14-15-10(8)5-17/h6,17H,1-5H2,(H2,12,13)(H,14,15). The molecule has 0 saturated heterocycles. The number of nitrogens with one attached hydrogen (secondary N) is 1. The van der Waals surface area contributed by atoms with E-state index in [4.69, 9.17) is 10.8 Å². The van der Waals surface area contributed by atoms with E-state index >= 15 is 0 Å². The van der Waals surface area contributed by atoms with Gasteiger partial charge in [0.2, 0.25) is 0 Å². The molecule has 3 heterocycles. The molecule has 1 aliphatic rings. The van der Waals surface area contributed by atoms with Crippen molar-refractivity contribution in [2.45, 2.75) is 26.1 Å². The molecule has 0 fully saturated rings. The quantitative estimate of drug-likeness (QED) is 0.751. The number of rotatable bonds is 3. The molecule has 18 heavy (non-hydrogen) atoms. The fourth-order valence-electron chi connectivity index (χ4n) is 2.33. The van der Waals surface area contributed by atoms with Crippen LogP contribution in [0.1, 0.15) is 22.6 Å². The first-order chi connectivity index (χ1) is 8.76. The molecule has 0 aliphatic carbocycles.